The Morgan fingerprint density at radius 3 is 2.71 bits per heavy atom. The molecule has 1 aliphatic rings. The van der Waals surface area contributed by atoms with Crippen molar-refractivity contribution < 1.29 is 29.3 Å². The maximum atomic E-state index is 12.1. The third-order valence-electron chi connectivity index (χ3n) is 5.14. The number of carbonyl (C=O) groups is 2. The Labute approximate surface area is 168 Å². The van der Waals surface area contributed by atoms with Crippen molar-refractivity contribution in [2.75, 3.05) is 13.2 Å². The molecule has 0 aromatic carbocycles. The Bertz CT molecular complexity index is 586. The summed E-state index contributed by atoms with van der Waals surface area (Å²) < 4.78 is 10.9. The topological polar surface area (TPSA) is 93.1 Å². The molecular formula is C22H36O6. The fraction of sp³-hybridized carbons (Fsp3) is 0.727. The van der Waals surface area contributed by atoms with Gasteiger partial charge in [0.15, 0.2) is 5.78 Å². The second-order valence-electron chi connectivity index (χ2n) is 8.50. The van der Waals surface area contributed by atoms with Crippen LogP contribution in [0.4, 0.5) is 0 Å². The van der Waals surface area contributed by atoms with Crippen molar-refractivity contribution >= 4 is 11.8 Å². The lowest BCUT2D eigenvalue weighted by Crippen LogP contribution is -2.41. The zero-order chi connectivity index (χ0) is 21.4. The van der Waals surface area contributed by atoms with Gasteiger partial charge in [-0.1, -0.05) is 13.0 Å². The normalized spacial score (nSPS) is 26.2. The molecular weight excluding hydrogens is 360 g/mol. The van der Waals surface area contributed by atoms with Gasteiger partial charge in [0.2, 0.25) is 0 Å². The average molecular weight is 397 g/mol. The van der Waals surface area contributed by atoms with Crippen LogP contribution in [0.15, 0.2) is 23.8 Å². The maximum absolute atomic E-state index is 12.1. The molecule has 1 rings (SSSR count). The number of aliphatic hydroxyl groups excluding tert-OH is 1. The summed E-state index contributed by atoms with van der Waals surface area (Å²) >= 11 is 0. The van der Waals surface area contributed by atoms with Crippen LogP contribution in [0.5, 0.6) is 0 Å². The quantitative estimate of drug-likeness (QED) is 0.353. The molecule has 2 N–H and O–H groups in total. The Kier molecular flexibility index (Phi) is 9.54. The molecule has 1 saturated heterocycles. The van der Waals surface area contributed by atoms with E-state index in [0.717, 1.165) is 12.0 Å². The summed E-state index contributed by atoms with van der Waals surface area (Å²) in [6.07, 6.45) is 7.60. The minimum atomic E-state index is -0.998. The molecule has 1 aliphatic heterocycles. The summed E-state index contributed by atoms with van der Waals surface area (Å²) in [5.41, 5.74) is -0.644. The fourth-order valence-corrected chi connectivity index (χ4v) is 3.08. The summed E-state index contributed by atoms with van der Waals surface area (Å²) in [6.45, 7) is 9.03. The molecule has 28 heavy (non-hydrogen) atoms. The average Bonchev–Trinajstić information content (AvgIpc) is 2.72. The first-order valence-corrected chi connectivity index (χ1v) is 10.0. The van der Waals surface area contributed by atoms with Crippen LogP contribution in [0.1, 0.15) is 66.7 Å². The lowest BCUT2D eigenvalue weighted by atomic mass is 9.87. The number of hydrogen-bond acceptors (Lipinski definition) is 6. The Balaban J connectivity index is 2.52. The van der Waals surface area contributed by atoms with Crippen LogP contribution in [0.3, 0.4) is 0 Å². The monoisotopic (exact) mass is 396 g/mol. The zero-order valence-corrected chi connectivity index (χ0v) is 17.9. The molecule has 0 aromatic heterocycles. The van der Waals surface area contributed by atoms with Gasteiger partial charge in [-0.15, -0.1) is 0 Å². The number of ether oxygens (including phenoxy) is 2. The van der Waals surface area contributed by atoms with Crippen LogP contribution in [-0.2, 0) is 19.1 Å². The molecule has 0 spiro atoms. The van der Waals surface area contributed by atoms with E-state index in [9.17, 15) is 19.8 Å². The van der Waals surface area contributed by atoms with Gasteiger partial charge in [-0.3, -0.25) is 9.59 Å². The number of carbonyl (C=O) groups excluding carboxylic acids is 2. The molecule has 0 bridgehead atoms. The summed E-state index contributed by atoms with van der Waals surface area (Å²) in [5, 5.41) is 20.2. The van der Waals surface area contributed by atoms with E-state index in [-0.39, 0.29) is 24.3 Å². The highest BCUT2D eigenvalue weighted by molar-refractivity contribution is 5.91. The molecule has 1 fully saturated rings. The predicted molar refractivity (Wildman–Crippen MR) is 108 cm³/mol. The van der Waals surface area contributed by atoms with Crippen molar-refractivity contribution in [2.24, 2.45) is 5.92 Å². The lowest BCUT2D eigenvalue weighted by Gasteiger charge is -2.33. The first-order valence-electron chi connectivity index (χ1n) is 10.0. The Hall–Kier alpha value is -1.50. The van der Waals surface area contributed by atoms with Crippen molar-refractivity contribution in [1.82, 2.24) is 0 Å². The molecule has 0 aromatic rings. The van der Waals surface area contributed by atoms with Crippen molar-refractivity contribution in [3.05, 3.63) is 23.8 Å². The summed E-state index contributed by atoms with van der Waals surface area (Å²) in [4.78, 5) is 23.0. The van der Waals surface area contributed by atoms with E-state index in [2.05, 4.69) is 0 Å². The Morgan fingerprint density at radius 2 is 2.11 bits per heavy atom. The van der Waals surface area contributed by atoms with E-state index in [1.54, 1.807) is 13.8 Å². The standard InChI is InChI=1S/C22H36O6/c1-16(19(24)10-13-21(3,4)26)7-6-12-22(5)20(25)9-8-18(15-28-22)11-14-27-17(2)23/h10-11,13,16,20,25-26H,6-9,12,14-15H2,1-5H3. The number of ketones is 1. The third-order valence-corrected chi connectivity index (χ3v) is 5.14. The molecule has 6 heteroatoms. The van der Waals surface area contributed by atoms with Crippen LogP contribution >= 0.6 is 0 Å². The number of aliphatic hydroxyl groups is 2. The zero-order valence-electron chi connectivity index (χ0n) is 17.9. The van der Waals surface area contributed by atoms with E-state index in [1.165, 1.54) is 19.1 Å². The minimum absolute atomic E-state index is 0.00898. The number of rotatable bonds is 9. The molecule has 160 valence electrons. The van der Waals surface area contributed by atoms with Gasteiger partial charge in [-0.25, -0.2) is 0 Å². The second kappa shape index (κ2) is 10.9. The van der Waals surface area contributed by atoms with Gasteiger partial charge in [-0.05, 0) is 70.6 Å². The molecule has 0 aliphatic carbocycles. The smallest absolute Gasteiger partial charge is 0.302 e. The third kappa shape index (κ3) is 9.13. The van der Waals surface area contributed by atoms with Crippen LogP contribution in [0.2, 0.25) is 0 Å². The van der Waals surface area contributed by atoms with Crippen LogP contribution in [0.25, 0.3) is 0 Å². The van der Waals surface area contributed by atoms with Crippen LogP contribution < -0.4 is 0 Å². The van der Waals surface area contributed by atoms with Crippen molar-refractivity contribution in [3.63, 3.8) is 0 Å². The summed E-state index contributed by atoms with van der Waals surface area (Å²) in [5.74, 6) is -0.480. The summed E-state index contributed by atoms with van der Waals surface area (Å²) in [6, 6.07) is 0. The largest absolute Gasteiger partial charge is 0.462 e. The fourth-order valence-electron chi connectivity index (χ4n) is 3.08. The van der Waals surface area contributed by atoms with Gasteiger partial charge in [0.1, 0.15) is 6.61 Å². The van der Waals surface area contributed by atoms with Gasteiger partial charge >= 0.3 is 5.97 Å². The highest BCUT2D eigenvalue weighted by Gasteiger charge is 2.36. The van der Waals surface area contributed by atoms with E-state index in [0.29, 0.717) is 32.3 Å². The van der Waals surface area contributed by atoms with Gasteiger partial charge in [0.05, 0.1) is 23.9 Å². The molecule has 3 unspecified atom stereocenters. The number of esters is 1. The lowest BCUT2D eigenvalue weighted by molar-refractivity contribution is -0.139. The first kappa shape index (κ1) is 24.5. The molecule has 6 nitrogen and oxygen atoms in total. The highest BCUT2D eigenvalue weighted by Crippen LogP contribution is 2.31. The van der Waals surface area contributed by atoms with Gasteiger partial charge in [0, 0.05) is 12.8 Å². The molecule has 1 heterocycles. The van der Waals surface area contributed by atoms with E-state index in [4.69, 9.17) is 9.47 Å². The van der Waals surface area contributed by atoms with Gasteiger partial charge < -0.3 is 19.7 Å². The number of allylic oxidation sites excluding steroid dienone is 1. The molecule has 3 atom stereocenters. The van der Waals surface area contributed by atoms with E-state index in [1.807, 2.05) is 19.9 Å². The van der Waals surface area contributed by atoms with Crippen molar-refractivity contribution in [3.8, 4) is 0 Å². The van der Waals surface area contributed by atoms with Gasteiger partial charge in [0.25, 0.3) is 0 Å². The first-order chi connectivity index (χ1) is 12.9. The van der Waals surface area contributed by atoms with Crippen LogP contribution in [-0.4, -0.2) is 52.5 Å². The Morgan fingerprint density at radius 1 is 1.43 bits per heavy atom. The minimum Gasteiger partial charge on any atom is -0.462 e. The molecule has 0 radical (unpaired) electrons. The maximum Gasteiger partial charge on any atom is 0.302 e. The van der Waals surface area contributed by atoms with E-state index < -0.39 is 17.3 Å². The SMILES string of the molecule is CC(=O)OCC=C1CCC(O)C(C)(CCCC(C)C(=O)C=CC(C)(C)O)OC1. The van der Waals surface area contributed by atoms with Crippen molar-refractivity contribution in [1.29, 1.82) is 0 Å². The predicted octanol–water partition coefficient (Wildman–Crippen LogP) is 3.11. The second-order valence-corrected chi connectivity index (χ2v) is 8.50. The van der Waals surface area contributed by atoms with Gasteiger partial charge in [-0.2, -0.15) is 0 Å². The molecule has 0 saturated carbocycles. The number of hydrogen-bond donors (Lipinski definition) is 2. The summed E-state index contributed by atoms with van der Waals surface area (Å²) in [7, 11) is 0. The molecule has 0 amide bonds. The van der Waals surface area contributed by atoms with Crippen molar-refractivity contribution in [2.45, 2.75) is 84.0 Å². The highest BCUT2D eigenvalue weighted by atomic mass is 16.5. The van der Waals surface area contributed by atoms with E-state index >= 15 is 0 Å². The van der Waals surface area contributed by atoms with Crippen LogP contribution in [0, 0.1) is 5.92 Å².